The molecule has 0 bridgehead atoms. The van der Waals surface area contributed by atoms with Crippen molar-refractivity contribution < 1.29 is 9.90 Å². The molecule has 0 rings (SSSR count). The van der Waals surface area contributed by atoms with Crippen LogP contribution >= 0.6 is 35.6 Å². The van der Waals surface area contributed by atoms with Gasteiger partial charge in [-0.15, -0.1) is 12.4 Å². The summed E-state index contributed by atoms with van der Waals surface area (Å²) < 4.78 is 0. The fourth-order valence-corrected chi connectivity index (χ4v) is 0.936. The lowest BCUT2D eigenvalue weighted by Gasteiger charge is -2.07. The van der Waals surface area contributed by atoms with Crippen LogP contribution in [-0.2, 0) is 4.79 Å². The molecule has 0 spiro atoms. The second-order valence-corrected chi connectivity index (χ2v) is 3.23. The van der Waals surface area contributed by atoms with Gasteiger partial charge in [-0.1, -0.05) is 30.1 Å². The van der Waals surface area contributed by atoms with E-state index in [0.29, 0.717) is 6.42 Å². The molecule has 0 heterocycles. The van der Waals surface area contributed by atoms with Crippen molar-refractivity contribution in [1.82, 2.24) is 0 Å². The van der Waals surface area contributed by atoms with Crippen LogP contribution in [0.15, 0.2) is 10.1 Å². The molecule has 0 amide bonds. The van der Waals surface area contributed by atoms with E-state index in [9.17, 15) is 4.79 Å². The van der Waals surface area contributed by atoms with Gasteiger partial charge in [0.25, 0.3) is 0 Å². The Hall–Kier alpha value is 0.0400. The van der Waals surface area contributed by atoms with Gasteiger partial charge in [-0.25, -0.2) is 4.79 Å². The molecule has 3 N–H and O–H groups in total. The lowest BCUT2D eigenvalue weighted by atomic mass is 10.1. The molecule has 0 aromatic carbocycles. The Morgan fingerprint density at radius 3 is 2.31 bits per heavy atom. The van der Waals surface area contributed by atoms with Crippen molar-refractivity contribution in [3.63, 3.8) is 0 Å². The highest BCUT2D eigenvalue weighted by molar-refractivity contribution is 6.47. The summed E-state index contributed by atoms with van der Waals surface area (Å²) in [7, 11) is 0. The highest BCUT2D eigenvalue weighted by Crippen LogP contribution is 2.19. The molecule has 0 saturated carbocycles. The maximum Gasteiger partial charge on any atom is 0.348 e. The number of halogens is 3. The number of carboxylic acids is 1. The summed E-state index contributed by atoms with van der Waals surface area (Å²) in [6.45, 7) is 1.89. The van der Waals surface area contributed by atoms with Gasteiger partial charge >= 0.3 is 5.97 Å². The summed E-state index contributed by atoms with van der Waals surface area (Å²) in [5, 5.41) is 8.19. The van der Waals surface area contributed by atoms with Gasteiger partial charge in [0.15, 0.2) is 0 Å². The maximum absolute atomic E-state index is 10.3. The maximum atomic E-state index is 10.3. The van der Waals surface area contributed by atoms with E-state index in [0.717, 1.165) is 6.42 Å². The van der Waals surface area contributed by atoms with Crippen molar-refractivity contribution in [1.29, 1.82) is 0 Å². The Kier molecular flexibility index (Phi) is 8.88. The first kappa shape index (κ1) is 15.5. The smallest absolute Gasteiger partial charge is 0.348 e. The molecule has 0 aromatic heterocycles. The molecule has 0 radical (unpaired) electrons. The second kappa shape index (κ2) is 7.44. The van der Waals surface area contributed by atoms with E-state index < -0.39 is 5.97 Å². The minimum absolute atomic E-state index is 0. The number of nitrogens with two attached hydrogens (primary N) is 1. The zero-order valence-corrected chi connectivity index (χ0v) is 9.42. The number of hydrogen-bond donors (Lipinski definition) is 2. The van der Waals surface area contributed by atoms with Gasteiger partial charge in [-0.05, 0) is 12.8 Å². The standard InChI is InChI=1S/C7H11Cl2NO2.ClH/c1-2-4(10)3-5(8)6(9)7(11)12;/h4H,2-3,10H2,1H3,(H,11,12);1H/b6-5+;. The number of aliphatic carboxylic acids is 1. The van der Waals surface area contributed by atoms with Crippen molar-refractivity contribution in [3.8, 4) is 0 Å². The van der Waals surface area contributed by atoms with Crippen molar-refractivity contribution in [2.45, 2.75) is 25.8 Å². The Bertz CT molecular complexity index is 206. The second-order valence-electron chi connectivity index (χ2n) is 2.40. The molecule has 78 valence electrons. The van der Waals surface area contributed by atoms with Crippen LogP contribution in [-0.4, -0.2) is 17.1 Å². The fraction of sp³-hybridized carbons (Fsp3) is 0.571. The molecule has 0 saturated heterocycles. The largest absolute Gasteiger partial charge is 0.477 e. The highest BCUT2D eigenvalue weighted by atomic mass is 35.5. The van der Waals surface area contributed by atoms with Crippen LogP contribution in [0.25, 0.3) is 0 Å². The predicted molar refractivity (Wildman–Crippen MR) is 56.5 cm³/mol. The van der Waals surface area contributed by atoms with Gasteiger partial charge in [-0.2, -0.15) is 0 Å². The summed E-state index contributed by atoms with van der Waals surface area (Å²) in [6, 6.07) is -0.134. The van der Waals surface area contributed by atoms with E-state index in [1.807, 2.05) is 6.92 Å². The minimum Gasteiger partial charge on any atom is -0.477 e. The average Bonchev–Trinajstić information content (AvgIpc) is 2.02. The quantitative estimate of drug-likeness (QED) is 0.751. The Morgan fingerprint density at radius 2 is 2.00 bits per heavy atom. The minimum atomic E-state index is -1.22. The molecule has 13 heavy (non-hydrogen) atoms. The third kappa shape index (κ3) is 6.16. The van der Waals surface area contributed by atoms with Crippen molar-refractivity contribution in [2.24, 2.45) is 5.73 Å². The predicted octanol–water partition coefficient (Wildman–Crippen LogP) is 2.31. The summed E-state index contributed by atoms with van der Waals surface area (Å²) >= 11 is 10.9. The fourth-order valence-electron chi connectivity index (χ4n) is 0.580. The summed E-state index contributed by atoms with van der Waals surface area (Å²) in [5.74, 6) is -1.22. The number of carbonyl (C=O) groups is 1. The Balaban J connectivity index is 0. The lowest BCUT2D eigenvalue weighted by molar-refractivity contribution is -0.131. The molecule has 0 fully saturated rings. The van der Waals surface area contributed by atoms with E-state index in [-0.39, 0.29) is 28.5 Å². The van der Waals surface area contributed by atoms with E-state index in [2.05, 4.69) is 0 Å². The van der Waals surface area contributed by atoms with Crippen LogP contribution < -0.4 is 5.73 Å². The first-order chi connectivity index (χ1) is 5.49. The van der Waals surface area contributed by atoms with E-state index in [1.54, 1.807) is 0 Å². The topological polar surface area (TPSA) is 63.3 Å². The van der Waals surface area contributed by atoms with Crippen LogP contribution in [0.3, 0.4) is 0 Å². The van der Waals surface area contributed by atoms with Crippen LogP contribution in [0.1, 0.15) is 19.8 Å². The molecule has 1 unspecified atom stereocenters. The molecule has 0 aliphatic heterocycles. The molecular weight excluding hydrogens is 236 g/mol. The Labute approximate surface area is 93.3 Å². The number of rotatable bonds is 4. The van der Waals surface area contributed by atoms with Gasteiger partial charge in [0.1, 0.15) is 5.03 Å². The van der Waals surface area contributed by atoms with E-state index >= 15 is 0 Å². The normalized spacial score (nSPS) is 14.2. The highest BCUT2D eigenvalue weighted by Gasteiger charge is 2.11. The third-order valence-electron chi connectivity index (χ3n) is 1.39. The molecule has 0 aliphatic rings. The lowest BCUT2D eigenvalue weighted by Crippen LogP contribution is -2.18. The van der Waals surface area contributed by atoms with E-state index in [4.69, 9.17) is 34.0 Å². The van der Waals surface area contributed by atoms with Crippen LogP contribution in [0, 0.1) is 0 Å². The third-order valence-corrected chi connectivity index (χ3v) is 2.22. The van der Waals surface area contributed by atoms with Crippen molar-refractivity contribution in [3.05, 3.63) is 10.1 Å². The van der Waals surface area contributed by atoms with Crippen molar-refractivity contribution in [2.75, 3.05) is 0 Å². The first-order valence-electron chi connectivity index (χ1n) is 3.52. The molecule has 1 atom stereocenters. The summed E-state index contributed by atoms with van der Waals surface area (Å²) in [6.07, 6.45) is 1.04. The summed E-state index contributed by atoms with van der Waals surface area (Å²) in [4.78, 5) is 10.3. The monoisotopic (exact) mass is 247 g/mol. The van der Waals surface area contributed by atoms with Crippen LogP contribution in [0.5, 0.6) is 0 Å². The first-order valence-corrected chi connectivity index (χ1v) is 4.27. The molecule has 0 aromatic rings. The number of carboxylic acid groups (broad SMARTS) is 1. The summed E-state index contributed by atoms with van der Waals surface area (Å²) in [5.41, 5.74) is 5.54. The van der Waals surface area contributed by atoms with Crippen LogP contribution in [0.2, 0.25) is 0 Å². The SMILES string of the molecule is CCC(N)C/C(Cl)=C(\Cl)C(=O)O.Cl. The average molecular weight is 249 g/mol. The van der Waals surface area contributed by atoms with E-state index in [1.165, 1.54) is 0 Å². The van der Waals surface area contributed by atoms with Gasteiger partial charge in [0.2, 0.25) is 0 Å². The van der Waals surface area contributed by atoms with Gasteiger partial charge in [0.05, 0.1) is 0 Å². The molecular formula is C7H12Cl3NO2. The van der Waals surface area contributed by atoms with Crippen LogP contribution in [0.4, 0.5) is 0 Å². The van der Waals surface area contributed by atoms with Crippen molar-refractivity contribution >= 4 is 41.6 Å². The molecule has 3 nitrogen and oxygen atoms in total. The Morgan fingerprint density at radius 1 is 1.54 bits per heavy atom. The molecule has 6 heteroatoms. The zero-order chi connectivity index (χ0) is 9.72. The number of hydrogen-bond acceptors (Lipinski definition) is 2. The van der Waals surface area contributed by atoms with Gasteiger partial charge < -0.3 is 10.8 Å². The van der Waals surface area contributed by atoms with Gasteiger partial charge in [-0.3, -0.25) is 0 Å². The van der Waals surface area contributed by atoms with Gasteiger partial charge in [0, 0.05) is 11.1 Å². The molecule has 0 aliphatic carbocycles. The zero-order valence-electron chi connectivity index (χ0n) is 7.09.